The van der Waals surface area contributed by atoms with Gasteiger partial charge in [-0.1, -0.05) is 62.0 Å². The van der Waals surface area contributed by atoms with E-state index < -0.39 is 11.8 Å². The molecule has 8 rings (SSSR count). The molecule has 4 aromatic heterocycles. The number of fused-ring (bicyclic) bond motifs is 2. The van der Waals surface area contributed by atoms with Gasteiger partial charge in [0.25, 0.3) is 11.8 Å². The summed E-state index contributed by atoms with van der Waals surface area (Å²) in [5.74, 6) is -1.57. The van der Waals surface area contributed by atoms with Gasteiger partial charge in [0.15, 0.2) is 11.4 Å². The molecule has 0 aliphatic heterocycles. The molecule has 2 aromatic carbocycles. The lowest BCUT2D eigenvalue weighted by molar-refractivity contribution is -0.136. The van der Waals surface area contributed by atoms with Crippen molar-refractivity contribution in [3.63, 3.8) is 0 Å². The minimum Gasteiger partial charge on any atom is -0.364 e. The van der Waals surface area contributed by atoms with E-state index in [1.165, 1.54) is 9.36 Å². The Morgan fingerprint density at radius 1 is 0.661 bits per heavy atom. The molecule has 0 unspecified atom stereocenters. The molecule has 18 nitrogen and oxygen atoms in total. The van der Waals surface area contributed by atoms with Crippen LogP contribution in [-0.4, -0.2) is 99.9 Å². The number of para-hydroxylation sites is 2. The fourth-order valence-electron chi connectivity index (χ4n) is 6.97. The summed E-state index contributed by atoms with van der Waals surface area (Å²) >= 11 is 0. The Morgan fingerprint density at radius 3 is 1.55 bits per heavy atom. The van der Waals surface area contributed by atoms with Gasteiger partial charge in [-0.05, 0) is 74.6 Å². The number of hydrogen-bond acceptors (Lipinski definition) is 10. The van der Waals surface area contributed by atoms with Crippen molar-refractivity contribution in [2.24, 2.45) is 11.5 Å². The third-order valence-electron chi connectivity index (χ3n) is 10.3. The zero-order chi connectivity index (χ0) is 43.9. The summed E-state index contributed by atoms with van der Waals surface area (Å²) < 4.78 is 2.93. The minimum absolute atomic E-state index is 0.0168. The molecule has 0 bridgehead atoms. The van der Waals surface area contributed by atoms with Crippen LogP contribution >= 0.6 is 0 Å². The number of amides is 6. The first-order valence-corrected chi connectivity index (χ1v) is 20.2. The molecular formula is C44H46N12O6. The molecule has 318 valence electrons. The minimum atomic E-state index is -0.657. The zero-order valence-corrected chi connectivity index (χ0v) is 34.1. The van der Waals surface area contributed by atoms with Gasteiger partial charge in [-0.15, -0.1) is 0 Å². The SMILES string of the molecule is C=Cc1cccc(NC(=O)CN(C(=O)Cn2nc(C(N)=O)c3ccccc32)C2CC2)n1.CCc1cccc(NC(=O)CN(C(=O)Cn2nc(C(N)=O)c3ccccc32)C2CC2)n1. The molecule has 0 saturated heterocycles. The molecule has 2 fully saturated rings. The number of primary amides is 2. The van der Waals surface area contributed by atoms with E-state index in [1.807, 2.05) is 19.1 Å². The van der Waals surface area contributed by atoms with Gasteiger partial charge in [0.05, 0.1) is 16.7 Å². The van der Waals surface area contributed by atoms with Crippen molar-refractivity contribution in [3.8, 4) is 0 Å². The topological polar surface area (TPSA) is 246 Å². The van der Waals surface area contributed by atoms with E-state index in [0.29, 0.717) is 39.1 Å². The van der Waals surface area contributed by atoms with Crippen LogP contribution in [0.25, 0.3) is 27.9 Å². The molecular weight excluding hydrogens is 793 g/mol. The van der Waals surface area contributed by atoms with E-state index in [9.17, 15) is 28.8 Å². The number of aromatic nitrogens is 6. The molecule has 4 heterocycles. The number of aryl methyl sites for hydroxylation is 1. The maximum absolute atomic E-state index is 13.1. The smallest absolute Gasteiger partial charge is 0.269 e. The third kappa shape index (κ3) is 10.2. The van der Waals surface area contributed by atoms with Crippen LogP contribution in [0.1, 0.15) is 65.0 Å². The number of benzene rings is 2. The Morgan fingerprint density at radius 2 is 1.11 bits per heavy atom. The summed E-state index contributed by atoms with van der Waals surface area (Å²) in [5.41, 5.74) is 13.9. The molecule has 2 saturated carbocycles. The Balaban J connectivity index is 0.000000186. The second kappa shape index (κ2) is 18.7. The van der Waals surface area contributed by atoms with Crippen LogP contribution in [0, 0.1) is 0 Å². The van der Waals surface area contributed by atoms with Crippen LogP contribution in [0.3, 0.4) is 0 Å². The van der Waals surface area contributed by atoms with Gasteiger partial charge in [0, 0.05) is 28.6 Å². The number of carbonyl (C=O) groups is 6. The van der Waals surface area contributed by atoms with Crippen LogP contribution < -0.4 is 22.1 Å². The van der Waals surface area contributed by atoms with Crippen LogP contribution in [0.5, 0.6) is 0 Å². The van der Waals surface area contributed by atoms with Crippen molar-refractivity contribution in [2.45, 2.75) is 64.2 Å². The number of pyridine rings is 2. The van der Waals surface area contributed by atoms with E-state index in [4.69, 9.17) is 11.5 Å². The predicted molar refractivity (Wildman–Crippen MR) is 231 cm³/mol. The number of rotatable bonds is 16. The lowest BCUT2D eigenvalue weighted by Crippen LogP contribution is -2.41. The summed E-state index contributed by atoms with van der Waals surface area (Å²) in [5, 5.41) is 15.2. The van der Waals surface area contributed by atoms with Gasteiger partial charge in [0.2, 0.25) is 23.6 Å². The molecule has 2 aliphatic carbocycles. The molecule has 6 amide bonds. The van der Waals surface area contributed by atoms with Crippen LogP contribution in [0.15, 0.2) is 91.5 Å². The number of anilines is 2. The maximum Gasteiger partial charge on any atom is 0.269 e. The number of nitrogens with two attached hydrogens (primary N) is 2. The predicted octanol–water partition coefficient (Wildman–Crippen LogP) is 3.53. The van der Waals surface area contributed by atoms with Gasteiger partial charge < -0.3 is 31.9 Å². The maximum atomic E-state index is 13.1. The van der Waals surface area contributed by atoms with Gasteiger partial charge in [-0.25, -0.2) is 9.97 Å². The largest absolute Gasteiger partial charge is 0.364 e. The molecule has 18 heteroatoms. The quantitative estimate of drug-likeness (QED) is 0.110. The van der Waals surface area contributed by atoms with Crippen LogP contribution in [0.2, 0.25) is 0 Å². The second-order valence-corrected chi connectivity index (χ2v) is 14.9. The summed E-state index contributed by atoms with van der Waals surface area (Å²) in [7, 11) is 0. The number of hydrogen-bond donors (Lipinski definition) is 4. The fraction of sp³-hybridized carbons (Fsp3) is 0.273. The van der Waals surface area contributed by atoms with Gasteiger partial charge in [-0.2, -0.15) is 10.2 Å². The van der Waals surface area contributed by atoms with Gasteiger partial charge in [-0.3, -0.25) is 38.1 Å². The lowest BCUT2D eigenvalue weighted by Gasteiger charge is -2.22. The summed E-state index contributed by atoms with van der Waals surface area (Å²) in [6.45, 7) is 5.32. The van der Waals surface area contributed by atoms with E-state index in [0.717, 1.165) is 37.8 Å². The van der Waals surface area contributed by atoms with E-state index in [1.54, 1.807) is 88.7 Å². The van der Waals surface area contributed by atoms with Crippen molar-refractivity contribution in [3.05, 3.63) is 114 Å². The number of carbonyl (C=O) groups excluding carboxylic acids is 6. The van der Waals surface area contributed by atoms with Gasteiger partial charge in [0.1, 0.15) is 37.8 Å². The standard InChI is InChI=1S/C22H24N6O3.C22H22N6O3/c2*1-2-14-6-5-9-18(24-14)25-19(29)12-27(15-10-11-15)20(30)13-28-17-8-4-3-7-16(17)21(26-28)22(23)31/h3-9,15H,2,10-13H2,1H3,(H2,23,31)(H,24,25,29);2-9,15H,1,10-13H2,(H2,23,31)(H,24,25,29). The Bertz CT molecular complexity index is 2700. The monoisotopic (exact) mass is 838 g/mol. The first kappa shape index (κ1) is 42.4. The fourth-order valence-corrected chi connectivity index (χ4v) is 6.97. The summed E-state index contributed by atoms with van der Waals surface area (Å²) in [6.07, 6.45) is 5.75. The molecule has 6 aromatic rings. The van der Waals surface area contributed by atoms with Crippen LogP contribution in [0.4, 0.5) is 11.6 Å². The second-order valence-electron chi connectivity index (χ2n) is 14.9. The highest BCUT2D eigenvalue weighted by molar-refractivity contribution is 6.05. The lowest BCUT2D eigenvalue weighted by atomic mass is 10.2. The first-order chi connectivity index (χ1) is 29.9. The van der Waals surface area contributed by atoms with Crippen molar-refractivity contribution in [1.82, 2.24) is 39.3 Å². The molecule has 62 heavy (non-hydrogen) atoms. The Labute approximate surface area is 355 Å². The molecule has 0 atom stereocenters. The van der Waals surface area contributed by atoms with Crippen molar-refractivity contribution < 1.29 is 28.8 Å². The highest BCUT2D eigenvalue weighted by Crippen LogP contribution is 2.29. The summed E-state index contributed by atoms with van der Waals surface area (Å²) in [6, 6.07) is 24.9. The van der Waals surface area contributed by atoms with Crippen molar-refractivity contribution >= 4 is 75.0 Å². The highest BCUT2D eigenvalue weighted by atomic mass is 16.2. The van der Waals surface area contributed by atoms with E-state index in [-0.39, 0.29) is 73.3 Å². The summed E-state index contributed by atoms with van der Waals surface area (Å²) in [4.78, 5) is 86.4. The zero-order valence-electron chi connectivity index (χ0n) is 34.1. The Kier molecular flexibility index (Phi) is 12.8. The van der Waals surface area contributed by atoms with E-state index in [2.05, 4.69) is 37.4 Å². The normalized spacial score (nSPS) is 13.1. The average molecular weight is 839 g/mol. The van der Waals surface area contributed by atoms with Gasteiger partial charge >= 0.3 is 0 Å². The third-order valence-corrected chi connectivity index (χ3v) is 10.3. The molecule has 6 N–H and O–H groups in total. The first-order valence-electron chi connectivity index (χ1n) is 20.2. The highest BCUT2D eigenvalue weighted by Gasteiger charge is 2.35. The van der Waals surface area contributed by atoms with Crippen molar-refractivity contribution in [2.75, 3.05) is 23.7 Å². The number of nitrogens with one attached hydrogen (secondary N) is 2. The number of nitrogens with zero attached hydrogens (tertiary/aromatic N) is 8. The van der Waals surface area contributed by atoms with E-state index >= 15 is 0 Å². The molecule has 0 spiro atoms. The average Bonchev–Trinajstić information content (AvgIpc) is 4.21. The van der Waals surface area contributed by atoms with Crippen molar-refractivity contribution in [1.29, 1.82) is 0 Å². The van der Waals surface area contributed by atoms with Crippen LogP contribution in [-0.2, 0) is 38.7 Å². The molecule has 2 aliphatic rings. The Hall–Kier alpha value is -7.76. The molecule has 0 radical (unpaired) electrons.